The van der Waals surface area contributed by atoms with Crippen LogP contribution < -0.4 is 9.47 Å². The van der Waals surface area contributed by atoms with E-state index in [0.717, 1.165) is 48.0 Å². The van der Waals surface area contributed by atoms with E-state index in [9.17, 15) is 0 Å². The minimum absolute atomic E-state index is 0.278. The van der Waals surface area contributed by atoms with Gasteiger partial charge in [-0.3, -0.25) is 4.90 Å². The van der Waals surface area contributed by atoms with Crippen molar-refractivity contribution in [1.82, 2.24) is 10.1 Å². The van der Waals surface area contributed by atoms with Crippen molar-refractivity contribution in [3.05, 3.63) is 52.3 Å². The minimum atomic E-state index is 0.278. The number of rotatable bonds is 4. The first kappa shape index (κ1) is 16.8. The summed E-state index contributed by atoms with van der Waals surface area (Å²) in [6, 6.07) is 12.6. The zero-order valence-electron chi connectivity index (χ0n) is 15.1. The average molecular weight is 382 g/mol. The molecule has 1 fully saturated rings. The van der Waals surface area contributed by atoms with Gasteiger partial charge < -0.3 is 14.0 Å². The van der Waals surface area contributed by atoms with Gasteiger partial charge in [-0.25, -0.2) is 0 Å². The van der Waals surface area contributed by atoms with E-state index in [-0.39, 0.29) is 6.79 Å². The van der Waals surface area contributed by atoms with Gasteiger partial charge in [-0.15, -0.1) is 11.3 Å². The molecule has 0 amide bonds. The van der Waals surface area contributed by atoms with E-state index in [1.165, 1.54) is 24.1 Å². The third-order valence-electron chi connectivity index (χ3n) is 5.33. The van der Waals surface area contributed by atoms with Crippen molar-refractivity contribution >= 4 is 11.3 Å². The predicted molar refractivity (Wildman–Crippen MR) is 104 cm³/mol. The number of hydrogen-bond acceptors (Lipinski definition) is 6. The second-order valence-electron chi connectivity index (χ2n) is 7.10. The zero-order valence-corrected chi connectivity index (χ0v) is 15.9. The lowest BCUT2D eigenvalue weighted by Crippen LogP contribution is -2.28. The van der Waals surface area contributed by atoms with Crippen LogP contribution in [0.15, 0.2) is 46.3 Å². The Hall–Kier alpha value is -2.31. The predicted octanol–water partition coefficient (Wildman–Crippen LogP) is 5.25. The number of likely N-dealkylation sites (tertiary alicyclic amines) is 1. The molecule has 6 heteroatoms. The standard InChI is InChI=1S/C21H22N2O3S/c1-2-6-18(23(9-3-1)13-16-5-4-10-27-16)17-12-20(26-22-17)15-7-8-19-21(11-15)25-14-24-19/h4-5,7-8,10-12,18H,1-3,6,9,13-14H2. The van der Waals surface area contributed by atoms with Gasteiger partial charge in [0.15, 0.2) is 17.3 Å². The Kier molecular flexibility index (Phi) is 4.59. The first-order valence-corrected chi connectivity index (χ1v) is 10.4. The van der Waals surface area contributed by atoms with Crippen molar-refractivity contribution in [2.45, 2.75) is 38.3 Å². The van der Waals surface area contributed by atoms with Crippen LogP contribution in [0.2, 0.25) is 0 Å². The fourth-order valence-electron chi connectivity index (χ4n) is 3.93. The average Bonchev–Trinajstić information content (AvgIpc) is 3.42. The van der Waals surface area contributed by atoms with E-state index >= 15 is 0 Å². The number of aromatic nitrogens is 1. The number of nitrogens with zero attached hydrogens (tertiary/aromatic N) is 2. The SMILES string of the molecule is c1csc(CN2CCCCCC2c2cc(-c3ccc4c(c3)OCO4)on2)c1. The largest absolute Gasteiger partial charge is 0.454 e. The first-order valence-electron chi connectivity index (χ1n) is 9.50. The molecule has 0 bridgehead atoms. The summed E-state index contributed by atoms with van der Waals surface area (Å²) in [5.74, 6) is 2.33. The number of fused-ring (bicyclic) bond motifs is 1. The van der Waals surface area contributed by atoms with Crippen LogP contribution in [0, 0.1) is 0 Å². The molecule has 27 heavy (non-hydrogen) atoms. The zero-order chi connectivity index (χ0) is 18.1. The van der Waals surface area contributed by atoms with E-state index < -0.39 is 0 Å². The first-order chi connectivity index (χ1) is 13.4. The van der Waals surface area contributed by atoms with Crippen molar-refractivity contribution in [2.75, 3.05) is 13.3 Å². The fourth-order valence-corrected chi connectivity index (χ4v) is 4.66. The van der Waals surface area contributed by atoms with Gasteiger partial charge in [0.05, 0.1) is 6.04 Å². The minimum Gasteiger partial charge on any atom is -0.454 e. The molecule has 2 aromatic heterocycles. The number of ether oxygens (including phenoxy) is 2. The number of benzene rings is 1. The van der Waals surface area contributed by atoms with Crippen molar-refractivity contribution < 1.29 is 14.0 Å². The fraction of sp³-hybridized carbons (Fsp3) is 0.381. The van der Waals surface area contributed by atoms with Crippen molar-refractivity contribution in [3.63, 3.8) is 0 Å². The Labute approximate surface area is 162 Å². The summed E-state index contributed by atoms with van der Waals surface area (Å²) in [7, 11) is 0. The van der Waals surface area contributed by atoms with Gasteiger partial charge in [-0.1, -0.05) is 24.1 Å². The Bertz CT molecular complexity index is 906. The van der Waals surface area contributed by atoms with Gasteiger partial charge in [0.25, 0.3) is 0 Å². The summed E-state index contributed by atoms with van der Waals surface area (Å²) in [6.07, 6.45) is 4.88. The van der Waals surface area contributed by atoms with Crippen LogP contribution in [-0.4, -0.2) is 23.4 Å². The third kappa shape index (κ3) is 3.47. The maximum Gasteiger partial charge on any atom is 0.231 e. The van der Waals surface area contributed by atoms with E-state index in [1.54, 1.807) is 0 Å². The highest BCUT2D eigenvalue weighted by atomic mass is 32.1. The molecule has 0 N–H and O–H groups in total. The Morgan fingerprint density at radius 2 is 2.04 bits per heavy atom. The van der Waals surface area contributed by atoms with Gasteiger partial charge in [0.1, 0.15) is 5.69 Å². The molecule has 1 saturated heterocycles. The highest BCUT2D eigenvalue weighted by molar-refractivity contribution is 7.09. The van der Waals surface area contributed by atoms with Gasteiger partial charge in [-0.05, 0) is 49.0 Å². The topological polar surface area (TPSA) is 47.7 Å². The molecule has 0 aliphatic carbocycles. The molecule has 140 valence electrons. The molecule has 0 spiro atoms. The van der Waals surface area contributed by atoms with Gasteiger partial charge >= 0.3 is 0 Å². The van der Waals surface area contributed by atoms with Gasteiger partial charge in [0.2, 0.25) is 6.79 Å². The van der Waals surface area contributed by atoms with E-state index in [0.29, 0.717) is 6.04 Å². The normalized spacial score (nSPS) is 19.9. The Balaban J connectivity index is 1.41. The summed E-state index contributed by atoms with van der Waals surface area (Å²) in [4.78, 5) is 3.96. The molecule has 1 unspecified atom stereocenters. The number of thiophene rings is 1. The monoisotopic (exact) mass is 382 g/mol. The molecule has 5 rings (SSSR count). The lowest BCUT2D eigenvalue weighted by atomic mass is 10.0. The van der Waals surface area contributed by atoms with Crippen LogP contribution in [0.3, 0.4) is 0 Å². The molecular formula is C21H22N2O3S. The van der Waals surface area contributed by atoms with E-state index in [2.05, 4.69) is 33.6 Å². The highest BCUT2D eigenvalue weighted by Gasteiger charge is 2.26. The van der Waals surface area contributed by atoms with Gasteiger partial charge in [-0.2, -0.15) is 0 Å². The second-order valence-corrected chi connectivity index (χ2v) is 8.13. The highest BCUT2D eigenvalue weighted by Crippen LogP contribution is 2.38. The summed E-state index contributed by atoms with van der Waals surface area (Å²) in [6.45, 7) is 2.36. The maximum atomic E-state index is 5.72. The van der Waals surface area contributed by atoms with Crippen molar-refractivity contribution in [1.29, 1.82) is 0 Å². The molecule has 1 atom stereocenters. The molecule has 0 radical (unpaired) electrons. The van der Waals surface area contributed by atoms with E-state index in [4.69, 9.17) is 14.0 Å². The van der Waals surface area contributed by atoms with Gasteiger partial charge in [0, 0.05) is 23.1 Å². The van der Waals surface area contributed by atoms with Crippen LogP contribution in [0.25, 0.3) is 11.3 Å². The van der Waals surface area contributed by atoms with E-state index in [1.807, 2.05) is 29.5 Å². The smallest absolute Gasteiger partial charge is 0.231 e. The van der Waals surface area contributed by atoms with Crippen LogP contribution in [0.5, 0.6) is 11.5 Å². The summed E-state index contributed by atoms with van der Waals surface area (Å²) in [5.41, 5.74) is 2.00. The number of hydrogen-bond donors (Lipinski definition) is 0. The molecular weight excluding hydrogens is 360 g/mol. The Morgan fingerprint density at radius 1 is 1.07 bits per heavy atom. The molecule has 2 aliphatic heterocycles. The molecule has 5 nitrogen and oxygen atoms in total. The quantitative estimate of drug-likeness (QED) is 0.617. The molecule has 0 saturated carbocycles. The molecule has 1 aromatic carbocycles. The maximum absolute atomic E-state index is 5.72. The summed E-state index contributed by atoms with van der Waals surface area (Å²) < 4.78 is 16.6. The summed E-state index contributed by atoms with van der Waals surface area (Å²) >= 11 is 1.82. The lowest BCUT2D eigenvalue weighted by molar-refractivity contribution is 0.174. The lowest BCUT2D eigenvalue weighted by Gasteiger charge is -2.27. The van der Waals surface area contributed by atoms with Crippen molar-refractivity contribution in [3.8, 4) is 22.8 Å². The summed E-state index contributed by atoms with van der Waals surface area (Å²) in [5, 5.41) is 6.59. The van der Waals surface area contributed by atoms with Crippen LogP contribution >= 0.6 is 11.3 Å². The van der Waals surface area contributed by atoms with Crippen LogP contribution in [-0.2, 0) is 6.54 Å². The molecule has 4 heterocycles. The molecule has 2 aliphatic rings. The Morgan fingerprint density at radius 3 is 2.96 bits per heavy atom. The van der Waals surface area contributed by atoms with Crippen LogP contribution in [0.4, 0.5) is 0 Å². The third-order valence-corrected chi connectivity index (χ3v) is 6.19. The van der Waals surface area contributed by atoms with Crippen LogP contribution in [0.1, 0.15) is 42.3 Å². The molecule has 3 aromatic rings. The van der Waals surface area contributed by atoms with Crippen molar-refractivity contribution in [2.24, 2.45) is 0 Å². The second kappa shape index (κ2) is 7.37.